The normalized spacial score (nSPS) is 31.6. The molecule has 1 aromatic rings. The second-order valence-corrected chi connectivity index (χ2v) is 56.1. The van der Waals surface area contributed by atoms with Gasteiger partial charge in [0.25, 0.3) is 0 Å². The summed E-state index contributed by atoms with van der Waals surface area (Å²) in [6.07, 6.45) is 22.4. The summed E-state index contributed by atoms with van der Waals surface area (Å²) in [5, 5.41) is 92.8. The summed E-state index contributed by atoms with van der Waals surface area (Å²) in [5.41, 5.74) is 23.0. The van der Waals surface area contributed by atoms with Gasteiger partial charge in [-0.3, -0.25) is 0 Å². The van der Waals surface area contributed by atoms with Crippen molar-refractivity contribution in [3.8, 4) is 0 Å². The van der Waals surface area contributed by atoms with Crippen LogP contribution in [0.1, 0.15) is 44.2 Å². The topological polar surface area (TPSA) is 444 Å². The molecule has 0 amide bonds. The molecule has 5 saturated heterocycles. The largest absolute Gasteiger partial charge is 0.491 e. The molecular weight excluding hydrogens is 1710 g/mol. The van der Waals surface area contributed by atoms with Crippen LogP contribution in [0.25, 0.3) is 0 Å². The van der Waals surface area contributed by atoms with Gasteiger partial charge in [-0.25, -0.2) is 29.1 Å². The zero-order chi connectivity index (χ0) is 85.4. The Morgan fingerprint density at radius 3 is 0.982 bits per heavy atom. The predicted molar refractivity (Wildman–Crippen MR) is 474 cm³/mol. The third-order valence-electron chi connectivity index (χ3n) is 19.3. The Morgan fingerprint density at radius 2 is 0.690 bits per heavy atom. The lowest BCUT2D eigenvalue weighted by Gasteiger charge is -2.32. The van der Waals surface area contributed by atoms with Crippen LogP contribution in [0.4, 0.5) is 0 Å². The Morgan fingerprint density at radius 1 is 0.434 bits per heavy atom. The molecule has 20 atom stereocenters. The van der Waals surface area contributed by atoms with E-state index < -0.39 is 145 Å². The number of nitrogens with two attached hydrogens (primary N) is 4. The number of aromatic nitrogens is 3. The highest BCUT2D eigenvalue weighted by Gasteiger charge is 2.51. The van der Waals surface area contributed by atoms with E-state index >= 15 is 0 Å². The molecule has 0 aliphatic carbocycles. The Hall–Kier alpha value is -4.31. The first-order chi connectivity index (χ1) is 52.1. The lowest BCUT2D eigenvalue weighted by atomic mass is 10.1. The second-order valence-electron chi connectivity index (χ2n) is 32.4. The van der Waals surface area contributed by atoms with Gasteiger partial charge < -0.3 is 126 Å². The fraction of sp³-hybridized carbons (Fsp3) is 0.616. The van der Waals surface area contributed by atoms with Crippen LogP contribution in [-0.2, 0) is 44.9 Å². The first-order valence-corrected chi connectivity index (χ1v) is 53.7. The lowest BCUT2D eigenvalue weighted by molar-refractivity contribution is -0.686. The molecule has 9 aliphatic rings. The molecule has 40 heteroatoms. The maximum absolute atomic E-state index is 10.6. The van der Waals surface area contributed by atoms with E-state index in [1.54, 1.807) is 76.0 Å². The zero-order valence-electron chi connectivity index (χ0n) is 67.8. The average Bonchev–Trinajstić information content (AvgIpc) is 1.68. The maximum Gasteiger partial charge on any atom is 0.333 e. The third-order valence-corrected chi connectivity index (χ3v) is 28.2. The Labute approximate surface area is 688 Å². The van der Waals surface area contributed by atoms with Crippen LogP contribution in [0.2, 0.25) is 0 Å². The number of ether oxygens (including phenoxy) is 8. The molecule has 5 fully saturated rings. The number of aliphatic hydroxyl groups excluding tert-OH is 9. The fourth-order valence-electron chi connectivity index (χ4n) is 12.7. The summed E-state index contributed by atoms with van der Waals surface area (Å²) in [6, 6.07) is 0. The number of nitrogens with zero attached hydrogens (tertiary/aromatic N) is 11. The molecule has 0 saturated carbocycles. The SMILES string of the molecule is C=C1N=C(N)C(Br)=CN1C1O[C@H](CCP(=C)(C)C)[C@@H](O)[C@H]1O.C=C1N=C(N)C(Br)=CN1C1O[C@H](CCP(=C)(C)C)[C@@H](O)[C@H]1O.C=C1N=C(N)C(OC)=CN1C1O[C@H](CCP(=C)(C)C)[C@@H](O)[C@H]1O.C=C1N=C(N)C(OC)=CN1C1O[C@H](CCP(=C)(C)C)[C@@H](O)[C@H]1OC.C=P(C)(C)CC[C@H]1OC(n2c[n+](C)c(=S)nc2C)[C@H](O)[C@@H]1O. The number of methoxy groups -OCH3 is 3. The Bertz CT molecular complexity index is 4090. The molecule has 0 radical (unpaired) electrons. The van der Waals surface area contributed by atoms with Crippen LogP contribution in [0.5, 0.6) is 0 Å². The molecule has 0 bridgehead atoms. The van der Waals surface area contributed by atoms with E-state index in [9.17, 15) is 46.0 Å². The second kappa shape index (κ2) is 40.6. The highest BCUT2D eigenvalue weighted by Crippen LogP contribution is 2.45. The molecule has 638 valence electrons. The summed E-state index contributed by atoms with van der Waals surface area (Å²) in [5.74, 6) is 3.98. The standard InChI is InChI=1S/C16H28N3O4P.C15H26N3O4P.2C14H23BrN3O3P.C14H25N3O3PS/c1-10-18-15(17)12(21-2)9-19(10)16-14(22-3)13(20)11(23-16)7-8-24(4,5)6;1-9-17-14(16)11(21-2)8-18(9)15-13(20)12(19)10(22-15)6-7-23(3,4)5;2*1-8-17-13(16)9(15)7-18(8)14-12(20)11(19)10(21-14)5-6-22(2,3)4;1-9-15-14(22)16(2)8-17(9)13-12(19)11(18)10(20-13)6-7-21(3,4)5/h9,11,13-14,16,20H,1,4,7-8H2,2-3,5-6H3,(H2,17,18);8,10,12-13,15,19-20H,1,3,6-7H2,2,4-5H3,(H2,16,17);2*7,10-12,14,19-20H,1-2,5-6H2,3-4H3,(H2,16,17);8,10-13,18-19H,3,6-7H2,1-2,4-5H3/q;;;;+1/t11-,13-,14-,16?;10-,12-,13-,15?;2*10-,11-,12-,14?;10-,11-,12-,13?/m11111/s1. The van der Waals surface area contributed by atoms with Crippen molar-refractivity contribution in [2.24, 2.45) is 50.0 Å². The van der Waals surface area contributed by atoms with E-state index in [0.717, 1.165) is 37.2 Å². The molecule has 32 nitrogen and oxygen atoms in total. The van der Waals surface area contributed by atoms with E-state index in [1.807, 2.05) is 0 Å². The van der Waals surface area contributed by atoms with Gasteiger partial charge in [-0.2, -0.15) is 0 Å². The van der Waals surface area contributed by atoms with Gasteiger partial charge in [0.1, 0.15) is 96.0 Å². The Balaban J connectivity index is 0.000000220. The maximum atomic E-state index is 10.6. The van der Waals surface area contributed by atoms with Crippen molar-refractivity contribution in [1.29, 1.82) is 0 Å². The zero-order valence-corrected chi connectivity index (χ0v) is 76.2. The Kier molecular flexibility index (Phi) is 35.1. The van der Waals surface area contributed by atoms with Crippen LogP contribution in [0.15, 0.2) is 121 Å². The average molecular weight is 1830 g/mol. The first-order valence-electron chi connectivity index (χ1n) is 36.4. The number of hydrogen-bond donors (Lipinski definition) is 13. The van der Waals surface area contributed by atoms with E-state index in [1.165, 1.54) is 19.1 Å². The summed E-state index contributed by atoms with van der Waals surface area (Å²) < 4.78 is 50.4. The molecule has 1 aromatic heterocycles. The first kappa shape index (κ1) is 97.5. The van der Waals surface area contributed by atoms with E-state index in [4.69, 9.17) is 73.0 Å². The van der Waals surface area contributed by atoms with Gasteiger partial charge in [0.15, 0.2) is 54.4 Å². The van der Waals surface area contributed by atoms with Crippen molar-refractivity contribution < 1.29 is 88.4 Å². The van der Waals surface area contributed by atoms with Crippen LogP contribution < -0.4 is 27.5 Å². The molecule has 5 unspecified atom stereocenters. The highest BCUT2D eigenvalue weighted by atomic mass is 79.9. The predicted octanol–water partition coefficient (Wildman–Crippen LogP) is 3.27. The molecule has 0 aromatic carbocycles. The van der Waals surface area contributed by atoms with Crippen LogP contribution in [0, 0.1) is 11.7 Å². The van der Waals surface area contributed by atoms with Gasteiger partial charge >= 0.3 is 4.77 Å². The molecule has 9 aliphatic heterocycles. The molecule has 113 heavy (non-hydrogen) atoms. The number of aryl methyl sites for hydroxylation is 2. The van der Waals surface area contributed by atoms with E-state index in [0.29, 0.717) is 91.7 Å². The van der Waals surface area contributed by atoms with Crippen molar-refractivity contribution >= 4 is 133 Å². The summed E-state index contributed by atoms with van der Waals surface area (Å²) in [6.45, 7) is 32.5. The van der Waals surface area contributed by atoms with Crippen LogP contribution >= 0.6 is 78.5 Å². The molecule has 17 N–H and O–H groups in total. The van der Waals surface area contributed by atoms with Crippen molar-refractivity contribution in [2.75, 3.05) is 119 Å². The van der Waals surface area contributed by atoms with Crippen LogP contribution in [0.3, 0.4) is 0 Å². The van der Waals surface area contributed by atoms with E-state index in [-0.39, 0.29) is 23.9 Å². The lowest BCUT2D eigenvalue weighted by Crippen LogP contribution is -2.43. The van der Waals surface area contributed by atoms with Gasteiger partial charge in [0, 0.05) is 26.4 Å². The number of amidine groups is 4. The van der Waals surface area contributed by atoms with Crippen molar-refractivity contribution in [1.82, 2.24) is 29.2 Å². The van der Waals surface area contributed by atoms with Gasteiger partial charge in [0.2, 0.25) is 12.1 Å². The van der Waals surface area contributed by atoms with Crippen molar-refractivity contribution in [3.63, 3.8) is 0 Å². The summed E-state index contributed by atoms with van der Waals surface area (Å²) in [4.78, 5) is 27.1. The van der Waals surface area contributed by atoms with E-state index in [2.05, 4.69) is 181 Å². The minimum atomic E-state index is -1.23. The summed E-state index contributed by atoms with van der Waals surface area (Å²) in [7, 11) is 6.33. The number of hydrogen-bond acceptors (Lipinski definition) is 31. The van der Waals surface area contributed by atoms with Gasteiger partial charge in [0.05, 0.1) is 73.2 Å². The molecule has 10 rings (SSSR count). The smallest absolute Gasteiger partial charge is 0.333 e. The van der Waals surface area contributed by atoms with Crippen LogP contribution in [-0.4, -0.2) is 365 Å². The molecule has 0 spiro atoms. The third kappa shape index (κ3) is 26.8. The van der Waals surface area contributed by atoms with Gasteiger partial charge in [-0.05, 0) is 174 Å². The number of halogens is 2. The fourth-order valence-corrected chi connectivity index (χ4v) is 18.3. The van der Waals surface area contributed by atoms with Gasteiger partial charge in [-0.1, -0.05) is 31.3 Å². The van der Waals surface area contributed by atoms with Crippen molar-refractivity contribution in [2.45, 2.75) is 162 Å². The molecule has 10 heterocycles. The number of rotatable bonds is 23. The highest BCUT2D eigenvalue weighted by molar-refractivity contribution is 9.12. The monoisotopic (exact) mass is 1830 g/mol. The van der Waals surface area contributed by atoms with Gasteiger partial charge in [-0.15, -0.1) is 65.9 Å². The number of aliphatic imine (C=N–C) groups is 4. The quantitative estimate of drug-likeness (QED) is 0.0425. The van der Waals surface area contributed by atoms with Crippen molar-refractivity contribution in [3.05, 3.63) is 112 Å². The minimum absolute atomic E-state index is 0.210. The molecular formula is C73H125Br2N15O17P5S+. The summed E-state index contributed by atoms with van der Waals surface area (Å²) >= 11 is 11.7. The number of aliphatic hydroxyl groups is 9. The minimum Gasteiger partial charge on any atom is -0.491 e.